The molecule has 0 aromatic heterocycles. The largest absolute Gasteiger partial charge is 1.00 e. The molecule has 0 unspecified atom stereocenters. The predicted octanol–water partition coefficient (Wildman–Crippen LogP) is 6.02. The fourth-order valence-electron chi connectivity index (χ4n) is 5.42. The third-order valence-electron chi connectivity index (χ3n) is 7.53. The standard InChI is InChI=1S/C20H21.C18H17.C2H6Si.2ClH.Zr/c1-3-4-8-17-11-12-18(16-9-6-5-7-10-16)20-14-15(2)13-19(17)20;1-13(2)16-11-15-9-6-10-17(18(15)12-16)14-7-4-3-5-8-14;1-3-2;;;/h5-7,9-14H,3-4,8H2,1-2H3;3-13H,1-2H3;1-2H3;2*1H;/q2*-1;;;;+2/p-2. The molecule has 0 aliphatic carbocycles. The number of benzene rings is 4. The monoisotopic (exact) mass is 712 g/mol. The fourth-order valence-corrected chi connectivity index (χ4v) is 5.42. The van der Waals surface area contributed by atoms with Crippen LogP contribution in [0.3, 0.4) is 0 Å². The van der Waals surface area contributed by atoms with Crippen molar-refractivity contribution in [2.75, 3.05) is 0 Å². The molecule has 6 rings (SSSR count). The third kappa shape index (κ3) is 10.1. The van der Waals surface area contributed by atoms with Gasteiger partial charge in [0.2, 0.25) is 0 Å². The molecule has 0 N–H and O–H groups in total. The molecule has 4 heteroatoms. The molecular weight excluding hydrogens is 671 g/mol. The smallest absolute Gasteiger partial charge is 1.00 e. The van der Waals surface area contributed by atoms with E-state index in [1.54, 1.807) is 23.3 Å². The Kier molecular flexibility index (Phi) is 16.1. The second-order valence-corrected chi connectivity index (χ2v) is 21.1. The van der Waals surface area contributed by atoms with Crippen LogP contribution in [-0.4, -0.2) is 5.43 Å². The Morgan fingerprint density at radius 3 is 1.82 bits per heavy atom. The van der Waals surface area contributed by atoms with E-state index in [-0.39, 0.29) is 30.2 Å². The molecule has 0 saturated heterocycles. The molecule has 6 aromatic rings. The van der Waals surface area contributed by atoms with Gasteiger partial charge in [-0.3, -0.25) is 0 Å². The molecule has 0 fully saturated rings. The molecule has 0 atom stereocenters. The van der Waals surface area contributed by atoms with E-state index in [2.05, 4.69) is 156 Å². The molecule has 0 spiro atoms. The van der Waals surface area contributed by atoms with E-state index in [1.165, 1.54) is 79.8 Å². The normalized spacial score (nSPS) is 10.3. The van der Waals surface area contributed by atoms with Crippen LogP contribution in [0, 0.1) is 6.92 Å². The molecule has 0 amide bonds. The Labute approximate surface area is 293 Å². The van der Waals surface area contributed by atoms with Crippen LogP contribution in [-0.2, 0) is 29.8 Å². The molecule has 228 valence electrons. The molecule has 44 heavy (non-hydrogen) atoms. The number of hydrogen-bond donors (Lipinski definition) is 0. The van der Waals surface area contributed by atoms with Gasteiger partial charge in [-0.1, -0.05) is 131 Å². The molecule has 0 saturated carbocycles. The maximum atomic E-state index is 2.34. The molecule has 0 aliphatic rings. The van der Waals surface area contributed by atoms with Gasteiger partial charge in [0.05, 0.1) is 0 Å². The topological polar surface area (TPSA) is 0 Å². The minimum Gasteiger partial charge on any atom is -1.00 e. The molecule has 6 aromatic carbocycles. The summed E-state index contributed by atoms with van der Waals surface area (Å²) < 4.78 is 0. The summed E-state index contributed by atoms with van der Waals surface area (Å²) in [5.41, 5.74) is 9.79. The van der Waals surface area contributed by atoms with Gasteiger partial charge in [-0.15, -0.1) is 68.6 Å². The summed E-state index contributed by atoms with van der Waals surface area (Å²) in [5, 5.41) is 5.56. The first-order valence-electron chi connectivity index (χ1n) is 15.3. The van der Waals surface area contributed by atoms with Gasteiger partial charge in [-0.2, -0.15) is 12.1 Å². The van der Waals surface area contributed by atoms with Crippen LogP contribution in [0.15, 0.2) is 115 Å². The second-order valence-electron chi connectivity index (χ2n) is 11.7. The molecule has 0 aliphatic heterocycles. The van der Waals surface area contributed by atoms with Crippen LogP contribution in [0.4, 0.5) is 0 Å². The van der Waals surface area contributed by atoms with Gasteiger partial charge in [-0.25, -0.2) is 0 Å². The maximum absolute atomic E-state index is 2.34. The Balaban J connectivity index is 0.000000264. The third-order valence-corrected chi connectivity index (χ3v) is 7.53. The van der Waals surface area contributed by atoms with Crippen LogP contribution in [0.1, 0.15) is 56.2 Å². The van der Waals surface area contributed by atoms with Crippen LogP contribution < -0.4 is 24.8 Å². The number of rotatable bonds is 6. The Morgan fingerprint density at radius 2 is 1.27 bits per heavy atom. The van der Waals surface area contributed by atoms with Gasteiger partial charge in [0.1, 0.15) is 0 Å². The minimum atomic E-state index is 0. The first-order chi connectivity index (χ1) is 20.3. The van der Waals surface area contributed by atoms with E-state index < -0.39 is 0 Å². The van der Waals surface area contributed by atoms with Crippen molar-refractivity contribution in [2.24, 2.45) is 0 Å². The van der Waals surface area contributed by atoms with E-state index in [9.17, 15) is 0 Å². The van der Waals surface area contributed by atoms with Crippen molar-refractivity contribution in [3.63, 3.8) is 0 Å². The first-order valence-corrected chi connectivity index (χ1v) is 21.5. The molecule has 0 heterocycles. The number of aryl methyl sites for hydroxylation is 2. The summed E-state index contributed by atoms with van der Waals surface area (Å²) in [4.78, 5) is 0. The van der Waals surface area contributed by atoms with Gasteiger partial charge < -0.3 is 24.8 Å². The SMILES string of the molecule is CC(C)c1cc2c(-c3ccccc3)cccc2[cH-]1.CCCCc1ccc(-c2ccccc2)c2cc(C)[cH-]c12.C[Si](C)=[Zr+2].[Cl-].[Cl-]. The van der Waals surface area contributed by atoms with Gasteiger partial charge in [0, 0.05) is 0 Å². The summed E-state index contributed by atoms with van der Waals surface area (Å²) in [6.07, 6.45) is 3.71. The number of fused-ring (bicyclic) bond motifs is 2. The quantitative estimate of drug-likeness (QED) is 0.146. The van der Waals surface area contributed by atoms with Crippen LogP contribution in [0.5, 0.6) is 0 Å². The Bertz CT molecular complexity index is 1730. The van der Waals surface area contributed by atoms with E-state index in [1.807, 2.05) is 0 Å². The molecule has 0 bridgehead atoms. The zero-order valence-corrected chi connectivity index (χ0v) is 31.9. The zero-order chi connectivity index (χ0) is 30.1. The van der Waals surface area contributed by atoms with Crippen LogP contribution >= 0.6 is 0 Å². The fraction of sp³-hybridized carbons (Fsp3) is 0.250. The summed E-state index contributed by atoms with van der Waals surface area (Å²) in [6.45, 7) is 13.6. The average Bonchev–Trinajstić information content (AvgIpc) is 3.61. The van der Waals surface area contributed by atoms with Crippen molar-refractivity contribution in [1.82, 2.24) is 0 Å². The van der Waals surface area contributed by atoms with Gasteiger partial charge in [-0.05, 0) is 17.0 Å². The van der Waals surface area contributed by atoms with Crippen LogP contribution in [0.2, 0.25) is 13.1 Å². The minimum absolute atomic E-state index is 0. The molecule has 0 radical (unpaired) electrons. The van der Waals surface area contributed by atoms with E-state index in [0.29, 0.717) is 5.92 Å². The van der Waals surface area contributed by atoms with Crippen molar-refractivity contribution in [3.05, 3.63) is 132 Å². The van der Waals surface area contributed by atoms with E-state index in [4.69, 9.17) is 0 Å². The van der Waals surface area contributed by atoms with Gasteiger partial charge >= 0.3 is 41.9 Å². The summed E-state index contributed by atoms with van der Waals surface area (Å²) in [7, 11) is 0. The summed E-state index contributed by atoms with van der Waals surface area (Å²) in [5.74, 6) is 0.584. The Morgan fingerprint density at radius 1 is 0.705 bits per heavy atom. The summed E-state index contributed by atoms with van der Waals surface area (Å²) >= 11 is 1.74. The average molecular weight is 715 g/mol. The first kappa shape index (κ1) is 38.0. The Hall–Kier alpha value is -2.22. The van der Waals surface area contributed by atoms with E-state index >= 15 is 0 Å². The van der Waals surface area contributed by atoms with Crippen LogP contribution in [0.25, 0.3) is 43.8 Å². The number of hydrogen-bond acceptors (Lipinski definition) is 0. The van der Waals surface area contributed by atoms with Crippen molar-refractivity contribution in [2.45, 2.75) is 66.0 Å². The number of halogens is 2. The van der Waals surface area contributed by atoms with Gasteiger partial charge in [0.15, 0.2) is 0 Å². The summed E-state index contributed by atoms with van der Waals surface area (Å²) in [6, 6.07) is 41.8. The number of unbranched alkanes of at least 4 members (excludes halogenated alkanes) is 1. The second kappa shape index (κ2) is 18.7. The van der Waals surface area contributed by atoms with Crippen molar-refractivity contribution < 1.29 is 48.1 Å². The molecule has 0 nitrogen and oxygen atoms in total. The van der Waals surface area contributed by atoms with Gasteiger partial charge in [0.25, 0.3) is 0 Å². The van der Waals surface area contributed by atoms with Crippen molar-refractivity contribution in [3.8, 4) is 22.3 Å². The van der Waals surface area contributed by atoms with Crippen molar-refractivity contribution >= 4 is 27.0 Å². The molecular formula is C40H44Cl2SiZr-2. The predicted molar refractivity (Wildman–Crippen MR) is 185 cm³/mol. The van der Waals surface area contributed by atoms with E-state index in [0.717, 1.165) is 0 Å². The maximum Gasteiger partial charge on any atom is -1.00 e. The zero-order valence-electron chi connectivity index (χ0n) is 26.9. The van der Waals surface area contributed by atoms with Crippen molar-refractivity contribution in [1.29, 1.82) is 0 Å².